The third-order valence-corrected chi connectivity index (χ3v) is 2.02. The van der Waals surface area contributed by atoms with Gasteiger partial charge in [-0.25, -0.2) is 0 Å². The first-order valence-electron chi connectivity index (χ1n) is 6.46. The summed E-state index contributed by atoms with van der Waals surface area (Å²) in [7, 11) is 1.50. The Kier molecular flexibility index (Phi) is 19.9. The van der Waals surface area contributed by atoms with Gasteiger partial charge in [0.05, 0.1) is 0 Å². The van der Waals surface area contributed by atoms with Crippen LogP contribution in [0.15, 0.2) is 48.6 Å². The van der Waals surface area contributed by atoms with Gasteiger partial charge in [0.15, 0.2) is 0 Å². The van der Waals surface area contributed by atoms with Crippen LogP contribution in [-0.2, 0) is 0 Å². The lowest BCUT2D eigenvalue weighted by atomic mass is 10.2. The Labute approximate surface area is 119 Å². The molecule has 110 valence electrons. The predicted molar refractivity (Wildman–Crippen MR) is 88.4 cm³/mol. The number of aryl methyl sites for hydroxylation is 2. The molecule has 0 aliphatic rings. The highest BCUT2D eigenvalue weighted by molar-refractivity contribution is 5.19. The summed E-state index contributed by atoms with van der Waals surface area (Å²) in [5.74, 6) is 0.672. The molecule has 0 saturated carbocycles. The minimum atomic E-state index is 0. The molecule has 0 aromatic heterocycles. The SMILES string of the molecule is C/C=C\C=C/C(C)C.CN.Cc1ccc(C)cc1.O. The van der Waals surface area contributed by atoms with Gasteiger partial charge in [0, 0.05) is 0 Å². The maximum atomic E-state index is 4.50. The van der Waals surface area contributed by atoms with Gasteiger partial charge in [-0.2, -0.15) is 0 Å². The van der Waals surface area contributed by atoms with Gasteiger partial charge in [-0.15, -0.1) is 0 Å². The van der Waals surface area contributed by atoms with E-state index in [0.717, 1.165) is 0 Å². The largest absolute Gasteiger partial charge is 0.412 e. The standard InChI is InChI=1S/C8H10.C8H14.CH5N.H2O/c1-7-3-5-8(2)6-4-7;1-4-5-6-7-8(2)3;1-2;/h3-6H,1-2H3;4-8H,1-3H3;2H2,1H3;1H2/b;5-4-,7-6-;;. The Morgan fingerprint density at radius 1 is 0.895 bits per heavy atom. The van der Waals surface area contributed by atoms with E-state index >= 15 is 0 Å². The molecule has 2 nitrogen and oxygen atoms in total. The molecule has 4 N–H and O–H groups in total. The number of allylic oxidation sites excluding steroid dienone is 4. The monoisotopic (exact) mass is 265 g/mol. The van der Waals surface area contributed by atoms with Crippen molar-refractivity contribution in [2.75, 3.05) is 7.05 Å². The molecule has 1 rings (SSSR count). The van der Waals surface area contributed by atoms with Crippen molar-refractivity contribution in [2.45, 2.75) is 34.6 Å². The Morgan fingerprint density at radius 3 is 1.53 bits per heavy atom. The quantitative estimate of drug-likeness (QED) is 0.812. The second-order valence-corrected chi connectivity index (χ2v) is 4.31. The maximum Gasteiger partial charge on any atom is -0.0195 e. The highest BCUT2D eigenvalue weighted by atomic mass is 16.0. The van der Waals surface area contributed by atoms with Crippen LogP contribution in [0.5, 0.6) is 0 Å². The van der Waals surface area contributed by atoms with E-state index in [1.54, 1.807) is 0 Å². The molecule has 0 atom stereocenters. The van der Waals surface area contributed by atoms with Crippen LogP contribution in [0.1, 0.15) is 31.9 Å². The molecular weight excluding hydrogens is 234 g/mol. The highest BCUT2D eigenvalue weighted by Gasteiger charge is 1.80. The van der Waals surface area contributed by atoms with Crippen LogP contribution in [0, 0.1) is 19.8 Å². The van der Waals surface area contributed by atoms with Gasteiger partial charge < -0.3 is 11.2 Å². The Bertz CT molecular complexity index is 303. The average molecular weight is 265 g/mol. The Morgan fingerprint density at radius 2 is 1.26 bits per heavy atom. The Hall–Kier alpha value is -1.38. The third-order valence-electron chi connectivity index (χ3n) is 2.02. The second kappa shape index (κ2) is 16.6. The first-order valence-corrected chi connectivity index (χ1v) is 6.46. The van der Waals surface area contributed by atoms with E-state index in [2.05, 4.69) is 69.8 Å². The van der Waals surface area contributed by atoms with Crippen molar-refractivity contribution < 1.29 is 5.48 Å². The first kappa shape index (κ1) is 22.8. The number of hydrogen-bond acceptors (Lipinski definition) is 1. The summed E-state index contributed by atoms with van der Waals surface area (Å²) in [6.45, 7) is 10.5. The topological polar surface area (TPSA) is 57.5 Å². The lowest BCUT2D eigenvalue weighted by Crippen LogP contribution is -1.74. The fourth-order valence-electron chi connectivity index (χ4n) is 1.03. The van der Waals surface area contributed by atoms with Crippen molar-refractivity contribution >= 4 is 0 Å². The average Bonchev–Trinajstić information content (AvgIpc) is 2.36. The highest BCUT2D eigenvalue weighted by Crippen LogP contribution is 1.99. The molecule has 2 heteroatoms. The van der Waals surface area contributed by atoms with Gasteiger partial charge in [-0.3, -0.25) is 0 Å². The molecule has 0 radical (unpaired) electrons. The molecule has 0 amide bonds. The van der Waals surface area contributed by atoms with Crippen LogP contribution in [-0.4, -0.2) is 12.5 Å². The van der Waals surface area contributed by atoms with Crippen LogP contribution in [0.4, 0.5) is 0 Å². The summed E-state index contributed by atoms with van der Waals surface area (Å²) in [6, 6.07) is 8.48. The number of rotatable bonds is 2. The van der Waals surface area contributed by atoms with Gasteiger partial charge in [-0.1, -0.05) is 73.5 Å². The fraction of sp³-hybridized carbons (Fsp3) is 0.412. The summed E-state index contributed by atoms with van der Waals surface area (Å²) in [4.78, 5) is 0. The van der Waals surface area contributed by atoms with E-state index in [1.807, 2.05) is 19.1 Å². The van der Waals surface area contributed by atoms with Crippen LogP contribution in [0.3, 0.4) is 0 Å². The summed E-state index contributed by atoms with van der Waals surface area (Å²) >= 11 is 0. The molecule has 0 unspecified atom stereocenters. The van der Waals surface area contributed by atoms with E-state index in [-0.39, 0.29) is 5.48 Å². The zero-order valence-corrected chi connectivity index (χ0v) is 13.3. The van der Waals surface area contributed by atoms with Gasteiger partial charge >= 0.3 is 0 Å². The molecule has 0 saturated heterocycles. The number of benzene rings is 1. The van der Waals surface area contributed by atoms with Crippen molar-refractivity contribution in [3.63, 3.8) is 0 Å². The van der Waals surface area contributed by atoms with Gasteiger partial charge in [0.1, 0.15) is 0 Å². The van der Waals surface area contributed by atoms with Crippen LogP contribution in [0.25, 0.3) is 0 Å². The molecule has 0 aliphatic carbocycles. The summed E-state index contributed by atoms with van der Waals surface area (Å²) in [5.41, 5.74) is 7.16. The second-order valence-electron chi connectivity index (χ2n) is 4.31. The predicted octanol–water partition coefficient (Wildman–Crippen LogP) is 3.83. The lowest BCUT2D eigenvalue weighted by Gasteiger charge is -1.90. The molecular formula is C17H31NO. The van der Waals surface area contributed by atoms with Crippen LogP contribution < -0.4 is 5.73 Å². The number of nitrogens with two attached hydrogens (primary N) is 1. The molecule has 0 spiro atoms. The molecule has 0 fully saturated rings. The fourth-order valence-corrected chi connectivity index (χ4v) is 1.03. The first-order chi connectivity index (χ1) is 8.56. The molecule has 1 aromatic carbocycles. The van der Waals surface area contributed by atoms with Crippen LogP contribution >= 0.6 is 0 Å². The van der Waals surface area contributed by atoms with E-state index in [9.17, 15) is 0 Å². The van der Waals surface area contributed by atoms with Crippen molar-refractivity contribution in [3.05, 3.63) is 59.7 Å². The van der Waals surface area contributed by atoms with Crippen molar-refractivity contribution in [1.82, 2.24) is 0 Å². The van der Waals surface area contributed by atoms with E-state index in [4.69, 9.17) is 0 Å². The van der Waals surface area contributed by atoms with Gasteiger partial charge in [0.2, 0.25) is 0 Å². The lowest BCUT2D eigenvalue weighted by molar-refractivity contribution is 0.824. The smallest absolute Gasteiger partial charge is 0.0195 e. The van der Waals surface area contributed by atoms with E-state index in [0.29, 0.717) is 5.92 Å². The van der Waals surface area contributed by atoms with E-state index in [1.165, 1.54) is 18.2 Å². The normalized spacial score (nSPS) is 9.47. The Balaban J connectivity index is -0.000000228. The summed E-state index contributed by atoms with van der Waals surface area (Å²) in [5, 5.41) is 0. The third kappa shape index (κ3) is 19.2. The van der Waals surface area contributed by atoms with Crippen LogP contribution in [0.2, 0.25) is 0 Å². The zero-order valence-electron chi connectivity index (χ0n) is 13.3. The number of hydrogen-bond donors (Lipinski definition) is 1. The van der Waals surface area contributed by atoms with Crippen molar-refractivity contribution in [3.8, 4) is 0 Å². The van der Waals surface area contributed by atoms with Gasteiger partial charge in [0.25, 0.3) is 0 Å². The molecule has 1 aromatic rings. The summed E-state index contributed by atoms with van der Waals surface area (Å²) < 4.78 is 0. The molecule has 19 heavy (non-hydrogen) atoms. The van der Waals surface area contributed by atoms with Gasteiger partial charge in [-0.05, 0) is 33.7 Å². The molecule has 0 aliphatic heterocycles. The van der Waals surface area contributed by atoms with Crippen molar-refractivity contribution in [1.29, 1.82) is 0 Å². The van der Waals surface area contributed by atoms with Crippen molar-refractivity contribution in [2.24, 2.45) is 11.7 Å². The minimum Gasteiger partial charge on any atom is -0.412 e. The van der Waals surface area contributed by atoms with E-state index < -0.39 is 0 Å². The molecule has 0 heterocycles. The minimum absolute atomic E-state index is 0. The zero-order chi connectivity index (χ0) is 14.4. The maximum absolute atomic E-state index is 4.50. The molecule has 0 bridgehead atoms. The summed E-state index contributed by atoms with van der Waals surface area (Å²) in [6.07, 6.45) is 8.31.